The molecule has 3 rings (SSSR count). The summed E-state index contributed by atoms with van der Waals surface area (Å²) < 4.78 is 9.00. The maximum atomic E-state index is 6.43. The summed E-state index contributed by atoms with van der Waals surface area (Å²) in [5, 5.41) is 0. The Morgan fingerprint density at radius 1 is 1.15 bits per heavy atom. The number of aryl methyl sites for hydroxylation is 2. The number of fused-ring (bicyclic) bond motifs is 1. The molecule has 5 atom stereocenters. The van der Waals surface area contributed by atoms with Gasteiger partial charge in [0.05, 0.1) is 11.7 Å². The van der Waals surface area contributed by atoms with Crippen LogP contribution < -0.4 is 0 Å². The van der Waals surface area contributed by atoms with Crippen LogP contribution in [0, 0.1) is 31.6 Å². The summed E-state index contributed by atoms with van der Waals surface area (Å²) in [6.45, 7) is 13.8. The van der Waals surface area contributed by atoms with Gasteiger partial charge in [0.15, 0.2) is 0 Å². The average molecular weight is 275 g/mol. The summed E-state index contributed by atoms with van der Waals surface area (Å²) in [6, 6.07) is 5.13. The van der Waals surface area contributed by atoms with E-state index in [2.05, 4.69) is 58.2 Å². The lowest BCUT2D eigenvalue weighted by molar-refractivity contribution is -0.0746. The van der Waals surface area contributed by atoms with E-state index in [0.717, 1.165) is 5.92 Å². The highest BCUT2D eigenvalue weighted by atomic mass is 16.5. The van der Waals surface area contributed by atoms with Crippen molar-refractivity contribution in [3.05, 3.63) is 23.5 Å². The molecule has 1 saturated heterocycles. The third-order valence-corrected chi connectivity index (χ3v) is 5.79. The molecule has 20 heavy (non-hydrogen) atoms. The van der Waals surface area contributed by atoms with Crippen LogP contribution in [-0.4, -0.2) is 16.3 Å². The highest BCUT2D eigenvalue weighted by molar-refractivity contribution is 5.17. The van der Waals surface area contributed by atoms with Crippen LogP contribution in [0.3, 0.4) is 0 Å². The molecule has 1 aliphatic heterocycles. The normalized spacial score (nSPS) is 39.8. The standard InChI is InChI=1S/C18H29NO/c1-11-9-16(19-12(2)7-8-13(19)3)15-10-18(5,6)20-17(15)14(11)4/h7-8,11,14-17H,9-10H2,1-6H3. The van der Waals surface area contributed by atoms with Crippen molar-refractivity contribution in [3.63, 3.8) is 0 Å². The summed E-state index contributed by atoms with van der Waals surface area (Å²) in [5.41, 5.74) is 2.84. The number of rotatable bonds is 1. The highest BCUT2D eigenvalue weighted by Gasteiger charge is 2.51. The van der Waals surface area contributed by atoms with Gasteiger partial charge in [0.2, 0.25) is 0 Å². The van der Waals surface area contributed by atoms with Crippen molar-refractivity contribution in [2.24, 2.45) is 17.8 Å². The predicted molar refractivity (Wildman–Crippen MR) is 82.9 cm³/mol. The Kier molecular flexibility index (Phi) is 3.28. The van der Waals surface area contributed by atoms with Crippen molar-refractivity contribution >= 4 is 0 Å². The molecule has 2 nitrogen and oxygen atoms in total. The number of hydrogen-bond acceptors (Lipinski definition) is 1. The molecule has 2 aliphatic rings. The molecule has 1 saturated carbocycles. The van der Waals surface area contributed by atoms with E-state index in [-0.39, 0.29) is 5.60 Å². The molecule has 0 amide bonds. The zero-order chi connectivity index (χ0) is 14.7. The van der Waals surface area contributed by atoms with Gasteiger partial charge in [-0.3, -0.25) is 0 Å². The van der Waals surface area contributed by atoms with Crippen molar-refractivity contribution in [3.8, 4) is 0 Å². The Morgan fingerprint density at radius 2 is 1.75 bits per heavy atom. The molecule has 5 unspecified atom stereocenters. The molecule has 0 bridgehead atoms. The average Bonchev–Trinajstić information content (AvgIpc) is 2.85. The SMILES string of the molecule is Cc1ccc(C)n1C1CC(C)C(C)C2OC(C)(C)CC21. The Balaban J connectivity index is 1.99. The zero-order valence-electron chi connectivity index (χ0n) is 13.8. The lowest BCUT2D eigenvalue weighted by Crippen LogP contribution is -2.41. The van der Waals surface area contributed by atoms with Crippen molar-refractivity contribution in [2.75, 3.05) is 0 Å². The number of nitrogens with zero attached hydrogens (tertiary/aromatic N) is 1. The first kappa shape index (κ1) is 14.2. The molecule has 0 spiro atoms. The monoisotopic (exact) mass is 275 g/mol. The van der Waals surface area contributed by atoms with Crippen LogP contribution in [0.4, 0.5) is 0 Å². The van der Waals surface area contributed by atoms with Crippen LogP contribution in [0.5, 0.6) is 0 Å². The first-order chi connectivity index (χ1) is 9.30. The molecular weight excluding hydrogens is 246 g/mol. The highest BCUT2D eigenvalue weighted by Crippen LogP contribution is 2.51. The molecule has 1 aliphatic carbocycles. The summed E-state index contributed by atoms with van der Waals surface area (Å²) in [5.74, 6) is 2.08. The van der Waals surface area contributed by atoms with Gasteiger partial charge in [-0.25, -0.2) is 0 Å². The number of hydrogen-bond donors (Lipinski definition) is 0. The molecular formula is C18H29NO. The fourth-order valence-corrected chi connectivity index (χ4v) is 4.63. The lowest BCUT2D eigenvalue weighted by atomic mass is 9.69. The Morgan fingerprint density at radius 3 is 2.35 bits per heavy atom. The van der Waals surface area contributed by atoms with E-state index in [9.17, 15) is 0 Å². The Labute approximate surface area is 123 Å². The largest absolute Gasteiger partial charge is 0.372 e. The molecule has 2 heteroatoms. The molecule has 1 aromatic rings. The molecule has 1 aromatic heterocycles. The Bertz CT molecular complexity index is 482. The summed E-state index contributed by atoms with van der Waals surface area (Å²) in [4.78, 5) is 0. The second-order valence-corrected chi connectivity index (χ2v) is 7.84. The van der Waals surface area contributed by atoms with Gasteiger partial charge in [-0.05, 0) is 64.5 Å². The van der Waals surface area contributed by atoms with Crippen molar-refractivity contribution in [1.82, 2.24) is 4.57 Å². The molecule has 2 heterocycles. The molecule has 0 N–H and O–H groups in total. The fourth-order valence-electron chi connectivity index (χ4n) is 4.63. The summed E-state index contributed by atoms with van der Waals surface area (Å²) in [6.07, 6.45) is 2.91. The first-order valence-corrected chi connectivity index (χ1v) is 8.12. The topological polar surface area (TPSA) is 14.2 Å². The quantitative estimate of drug-likeness (QED) is 0.735. The van der Waals surface area contributed by atoms with Gasteiger partial charge in [0, 0.05) is 23.3 Å². The maximum absolute atomic E-state index is 6.43. The predicted octanol–water partition coefficient (Wildman–Crippen LogP) is 4.51. The van der Waals surface area contributed by atoms with E-state index in [0.29, 0.717) is 24.0 Å². The molecule has 2 fully saturated rings. The van der Waals surface area contributed by atoms with Crippen molar-refractivity contribution in [1.29, 1.82) is 0 Å². The van der Waals surface area contributed by atoms with E-state index in [1.54, 1.807) is 0 Å². The van der Waals surface area contributed by atoms with Gasteiger partial charge in [-0.1, -0.05) is 13.8 Å². The van der Waals surface area contributed by atoms with E-state index >= 15 is 0 Å². The summed E-state index contributed by atoms with van der Waals surface area (Å²) >= 11 is 0. The van der Waals surface area contributed by atoms with Crippen LogP contribution in [0.15, 0.2) is 12.1 Å². The van der Waals surface area contributed by atoms with E-state index < -0.39 is 0 Å². The van der Waals surface area contributed by atoms with Gasteiger partial charge in [0.25, 0.3) is 0 Å². The van der Waals surface area contributed by atoms with Crippen LogP contribution in [0.1, 0.15) is 58.0 Å². The van der Waals surface area contributed by atoms with E-state index in [1.807, 2.05) is 0 Å². The van der Waals surface area contributed by atoms with Crippen LogP contribution in [0.25, 0.3) is 0 Å². The molecule has 0 aromatic carbocycles. The number of ether oxygens (including phenoxy) is 1. The van der Waals surface area contributed by atoms with E-state index in [4.69, 9.17) is 4.74 Å². The summed E-state index contributed by atoms with van der Waals surface area (Å²) in [7, 11) is 0. The second kappa shape index (κ2) is 4.62. The van der Waals surface area contributed by atoms with Crippen LogP contribution in [0.2, 0.25) is 0 Å². The zero-order valence-corrected chi connectivity index (χ0v) is 13.8. The molecule has 0 radical (unpaired) electrons. The van der Waals surface area contributed by atoms with Gasteiger partial charge in [-0.2, -0.15) is 0 Å². The third-order valence-electron chi connectivity index (χ3n) is 5.79. The first-order valence-electron chi connectivity index (χ1n) is 8.12. The van der Waals surface area contributed by atoms with Gasteiger partial charge < -0.3 is 9.30 Å². The minimum Gasteiger partial charge on any atom is -0.372 e. The van der Waals surface area contributed by atoms with Crippen molar-refractivity contribution < 1.29 is 4.74 Å². The third kappa shape index (κ3) is 2.13. The fraction of sp³-hybridized carbons (Fsp3) is 0.778. The maximum Gasteiger partial charge on any atom is 0.0659 e. The van der Waals surface area contributed by atoms with Gasteiger partial charge in [-0.15, -0.1) is 0 Å². The van der Waals surface area contributed by atoms with Gasteiger partial charge in [0.1, 0.15) is 0 Å². The Hall–Kier alpha value is -0.760. The minimum absolute atomic E-state index is 0.0425. The smallest absolute Gasteiger partial charge is 0.0659 e. The van der Waals surface area contributed by atoms with Crippen molar-refractivity contribution in [2.45, 2.75) is 72.1 Å². The second-order valence-electron chi connectivity index (χ2n) is 7.84. The molecule has 112 valence electrons. The lowest BCUT2D eigenvalue weighted by Gasteiger charge is -2.42. The van der Waals surface area contributed by atoms with E-state index in [1.165, 1.54) is 24.2 Å². The minimum atomic E-state index is 0.0425. The van der Waals surface area contributed by atoms with Crippen LogP contribution >= 0.6 is 0 Å². The van der Waals surface area contributed by atoms with Gasteiger partial charge >= 0.3 is 0 Å². The number of aromatic nitrogens is 1. The van der Waals surface area contributed by atoms with Crippen LogP contribution in [-0.2, 0) is 4.74 Å².